The van der Waals surface area contributed by atoms with E-state index in [2.05, 4.69) is 10.2 Å². The summed E-state index contributed by atoms with van der Waals surface area (Å²) in [6.07, 6.45) is 1.72. The Hall–Kier alpha value is -2.37. The van der Waals surface area contributed by atoms with Crippen molar-refractivity contribution in [3.8, 4) is 0 Å². The van der Waals surface area contributed by atoms with Crippen molar-refractivity contribution in [3.63, 3.8) is 0 Å². The van der Waals surface area contributed by atoms with Gasteiger partial charge in [-0.2, -0.15) is 0 Å². The van der Waals surface area contributed by atoms with Crippen LogP contribution in [0, 0.1) is 0 Å². The first-order chi connectivity index (χ1) is 12.0. The van der Waals surface area contributed by atoms with E-state index < -0.39 is 0 Å². The van der Waals surface area contributed by atoms with Crippen LogP contribution in [0.5, 0.6) is 0 Å². The van der Waals surface area contributed by atoms with Crippen molar-refractivity contribution in [1.82, 2.24) is 15.1 Å². The van der Waals surface area contributed by atoms with Crippen LogP contribution >= 0.6 is 0 Å². The number of hydrogen-bond acceptors (Lipinski definition) is 5. The number of carbonyl (C=O) groups excluding carboxylic acids is 1. The van der Waals surface area contributed by atoms with Gasteiger partial charge in [0.25, 0.3) is 5.91 Å². The smallest absolute Gasteiger partial charge is 0.253 e. The van der Waals surface area contributed by atoms with Gasteiger partial charge in [0.05, 0.1) is 0 Å². The Bertz CT molecular complexity index is 713. The Morgan fingerprint density at radius 1 is 1.16 bits per heavy atom. The predicted octanol–water partition coefficient (Wildman–Crippen LogP) is 3.28. The van der Waals surface area contributed by atoms with Crippen molar-refractivity contribution in [2.75, 3.05) is 32.1 Å². The highest BCUT2D eigenvalue weighted by Crippen LogP contribution is 2.29. The van der Waals surface area contributed by atoms with Gasteiger partial charge in [-0.15, -0.1) is 10.2 Å². The van der Waals surface area contributed by atoms with Crippen LogP contribution in [0.2, 0.25) is 0 Å². The standard InChI is InChI=1S/C19H26N4O2/c1-13(2)17-20-21-18(25-17)14-9-11-23(12-10-14)19(24)15-5-7-16(8-6-15)22(3)4/h5-8,13-14H,9-12H2,1-4H3. The summed E-state index contributed by atoms with van der Waals surface area (Å²) >= 11 is 0. The average molecular weight is 342 g/mol. The fourth-order valence-corrected chi connectivity index (χ4v) is 3.06. The number of aromatic nitrogens is 2. The molecule has 25 heavy (non-hydrogen) atoms. The Morgan fingerprint density at radius 3 is 2.32 bits per heavy atom. The highest BCUT2D eigenvalue weighted by Gasteiger charge is 2.28. The maximum Gasteiger partial charge on any atom is 0.253 e. The van der Waals surface area contributed by atoms with Crippen LogP contribution in [0.25, 0.3) is 0 Å². The van der Waals surface area contributed by atoms with Gasteiger partial charge in [0.1, 0.15) is 0 Å². The first-order valence-electron chi connectivity index (χ1n) is 8.85. The number of piperidine rings is 1. The van der Waals surface area contributed by atoms with Gasteiger partial charge in [-0.3, -0.25) is 4.79 Å². The Morgan fingerprint density at radius 2 is 1.80 bits per heavy atom. The maximum absolute atomic E-state index is 12.7. The Balaban J connectivity index is 1.60. The normalized spacial score (nSPS) is 15.6. The second-order valence-electron chi connectivity index (χ2n) is 7.14. The van der Waals surface area contributed by atoms with E-state index in [1.54, 1.807) is 0 Å². The first kappa shape index (κ1) is 17.5. The summed E-state index contributed by atoms with van der Waals surface area (Å²) in [5.41, 5.74) is 1.83. The van der Waals surface area contributed by atoms with Crippen molar-refractivity contribution in [3.05, 3.63) is 41.6 Å². The molecular formula is C19H26N4O2. The van der Waals surface area contributed by atoms with Crippen molar-refractivity contribution < 1.29 is 9.21 Å². The summed E-state index contributed by atoms with van der Waals surface area (Å²) < 4.78 is 5.77. The van der Waals surface area contributed by atoms with Crippen LogP contribution in [0.4, 0.5) is 5.69 Å². The third-order valence-electron chi connectivity index (χ3n) is 4.71. The molecule has 0 unspecified atom stereocenters. The van der Waals surface area contributed by atoms with E-state index in [1.165, 1.54) is 0 Å². The molecule has 2 heterocycles. The minimum Gasteiger partial charge on any atom is -0.425 e. The van der Waals surface area contributed by atoms with E-state index in [4.69, 9.17) is 4.42 Å². The van der Waals surface area contributed by atoms with Crippen molar-refractivity contribution in [2.45, 2.75) is 38.5 Å². The largest absolute Gasteiger partial charge is 0.425 e. The third kappa shape index (κ3) is 3.83. The second-order valence-corrected chi connectivity index (χ2v) is 7.14. The molecule has 1 fully saturated rings. The summed E-state index contributed by atoms with van der Waals surface area (Å²) in [7, 11) is 3.98. The lowest BCUT2D eigenvalue weighted by Crippen LogP contribution is -2.38. The quantitative estimate of drug-likeness (QED) is 0.853. The lowest BCUT2D eigenvalue weighted by molar-refractivity contribution is 0.0706. The molecule has 1 aliphatic heterocycles. The van der Waals surface area contributed by atoms with Gasteiger partial charge in [0.2, 0.25) is 11.8 Å². The SMILES string of the molecule is CC(C)c1nnc(C2CCN(C(=O)c3ccc(N(C)C)cc3)CC2)o1. The molecule has 6 nitrogen and oxygen atoms in total. The van der Waals surface area contributed by atoms with Crippen molar-refractivity contribution in [1.29, 1.82) is 0 Å². The molecule has 0 spiro atoms. The number of anilines is 1. The first-order valence-corrected chi connectivity index (χ1v) is 8.85. The van der Waals surface area contributed by atoms with E-state index in [0.29, 0.717) is 11.8 Å². The zero-order valence-corrected chi connectivity index (χ0v) is 15.4. The van der Waals surface area contributed by atoms with Crippen LogP contribution in [0.1, 0.15) is 60.7 Å². The second kappa shape index (κ2) is 7.25. The molecule has 1 aliphatic rings. The van der Waals surface area contributed by atoms with Crippen LogP contribution in [0.15, 0.2) is 28.7 Å². The zero-order valence-electron chi connectivity index (χ0n) is 15.4. The lowest BCUT2D eigenvalue weighted by Gasteiger charge is -2.30. The van der Waals surface area contributed by atoms with Crippen LogP contribution < -0.4 is 4.90 Å². The van der Waals surface area contributed by atoms with Crippen LogP contribution in [-0.2, 0) is 0 Å². The van der Waals surface area contributed by atoms with E-state index in [-0.39, 0.29) is 17.7 Å². The molecule has 0 aliphatic carbocycles. The average Bonchev–Trinajstić information content (AvgIpc) is 3.12. The number of amides is 1. The monoisotopic (exact) mass is 342 g/mol. The predicted molar refractivity (Wildman–Crippen MR) is 97.0 cm³/mol. The Kier molecular flexibility index (Phi) is 5.06. The molecule has 1 amide bonds. The minimum atomic E-state index is 0.0946. The number of nitrogens with zero attached hydrogens (tertiary/aromatic N) is 4. The molecule has 3 rings (SSSR count). The molecule has 0 saturated carbocycles. The van der Waals surface area contributed by atoms with Gasteiger partial charge in [-0.1, -0.05) is 13.8 Å². The zero-order chi connectivity index (χ0) is 18.0. The number of hydrogen-bond donors (Lipinski definition) is 0. The van der Waals surface area contributed by atoms with Crippen LogP contribution in [-0.4, -0.2) is 48.2 Å². The molecule has 2 aromatic rings. The van der Waals surface area contributed by atoms with Gasteiger partial charge in [0, 0.05) is 50.3 Å². The molecule has 0 N–H and O–H groups in total. The summed E-state index contributed by atoms with van der Waals surface area (Å²) in [6, 6.07) is 7.76. The molecule has 1 aromatic carbocycles. The van der Waals surface area contributed by atoms with Gasteiger partial charge < -0.3 is 14.2 Å². The van der Waals surface area contributed by atoms with Gasteiger partial charge >= 0.3 is 0 Å². The molecule has 0 radical (unpaired) electrons. The minimum absolute atomic E-state index is 0.0946. The number of benzene rings is 1. The third-order valence-corrected chi connectivity index (χ3v) is 4.71. The molecular weight excluding hydrogens is 316 g/mol. The molecule has 134 valence electrons. The van der Waals surface area contributed by atoms with Gasteiger partial charge in [-0.25, -0.2) is 0 Å². The van der Waals surface area contributed by atoms with Gasteiger partial charge in [0.15, 0.2) is 0 Å². The Labute approximate surface area is 148 Å². The summed E-state index contributed by atoms with van der Waals surface area (Å²) in [5.74, 6) is 1.99. The maximum atomic E-state index is 12.7. The fraction of sp³-hybridized carbons (Fsp3) is 0.526. The lowest BCUT2D eigenvalue weighted by atomic mass is 9.96. The summed E-state index contributed by atoms with van der Waals surface area (Å²) in [6.45, 7) is 5.52. The van der Waals surface area contributed by atoms with Crippen molar-refractivity contribution >= 4 is 11.6 Å². The fourth-order valence-electron chi connectivity index (χ4n) is 3.06. The molecule has 1 saturated heterocycles. The molecule has 0 atom stereocenters. The van der Waals surface area contributed by atoms with Gasteiger partial charge in [-0.05, 0) is 37.1 Å². The van der Waals surface area contributed by atoms with E-state index in [0.717, 1.165) is 37.2 Å². The van der Waals surface area contributed by atoms with E-state index in [9.17, 15) is 4.79 Å². The van der Waals surface area contributed by atoms with Crippen LogP contribution in [0.3, 0.4) is 0 Å². The summed E-state index contributed by atoms with van der Waals surface area (Å²) in [4.78, 5) is 16.6. The number of likely N-dealkylation sites (tertiary alicyclic amines) is 1. The van der Waals surface area contributed by atoms with E-state index in [1.807, 2.05) is 62.0 Å². The molecule has 1 aromatic heterocycles. The number of carbonyl (C=O) groups is 1. The molecule has 0 bridgehead atoms. The highest BCUT2D eigenvalue weighted by atomic mass is 16.4. The topological polar surface area (TPSA) is 62.5 Å². The summed E-state index contributed by atoms with van der Waals surface area (Å²) in [5, 5.41) is 8.30. The van der Waals surface area contributed by atoms with E-state index >= 15 is 0 Å². The highest BCUT2D eigenvalue weighted by molar-refractivity contribution is 5.94. The van der Waals surface area contributed by atoms with Crippen molar-refractivity contribution in [2.24, 2.45) is 0 Å². The number of rotatable bonds is 4. The molecule has 6 heteroatoms.